The molecule has 1 aromatic heterocycles. The Kier molecular flexibility index (Phi) is 3.17. The highest BCUT2D eigenvalue weighted by Crippen LogP contribution is 2.45. The van der Waals surface area contributed by atoms with Crippen molar-refractivity contribution in [3.63, 3.8) is 0 Å². The van der Waals surface area contributed by atoms with Crippen LogP contribution in [0.15, 0.2) is 24.3 Å². The second-order valence-electron chi connectivity index (χ2n) is 6.37. The summed E-state index contributed by atoms with van der Waals surface area (Å²) in [6.45, 7) is 2.91. The molecular formula is C17H22N4. The number of nitrogens with one attached hydrogen (secondary N) is 2. The maximum absolute atomic E-state index is 4.70. The van der Waals surface area contributed by atoms with Crippen LogP contribution in [0.1, 0.15) is 32.6 Å². The molecule has 3 atom stereocenters. The normalized spacial score (nSPS) is 27.2. The van der Waals surface area contributed by atoms with Crippen molar-refractivity contribution in [3.8, 4) is 0 Å². The maximum atomic E-state index is 4.70. The molecule has 0 saturated heterocycles. The van der Waals surface area contributed by atoms with Gasteiger partial charge in [0.2, 0.25) is 5.95 Å². The van der Waals surface area contributed by atoms with Gasteiger partial charge in [-0.15, -0.1) is 0 Å². The van der Waals surface area contributed by atoms with Crippen molar-refractivity contribution in [2.75, 3.05) is 17.2 Å². The summed E-state index contributed by atoms with van der Waals surface area (Å²) in [6, 6.07) is 8.86. The summed E-state index contributed by atoms with van der Waals surface area (Å²) in [6.07, 6.45) is 5.52. The van der Waals surface area contributed by atoms with Crippen LogP contribution < -0.4 is 10.6 Å². The van der Waals surface area contributed by atoms with E-state index in [0.29, 0.717) is 6.04 Å². The molecular weight excluding hydrogens is 260 g/mol. The van der Waals surface area contributed by atoms with Crippen molar-refractivity contribution in [1.82, 2.24) is 9.97 Å². The van der Waals surface area contributed by atoms with E-state index in [1.54, 1.807) is 0 Å². The zero-order valence-corrected chi connectivity index (χ0v) is 12.5. The van der Waals surface area contributed by atoms with Crippen molar-refractivity contribution >= 4 is 22.7 Å². The fraction of sp³-hybridized carbons (Fsp3) is 0.529. The summed E-state index contributed by atoms with van der Waals surface area (Å²) < 4.78 is 0. The molecule has 2 fully saturated rings. The van der Waals surface area contributed by atoms with Crippen LogP contribution in [0.3, 0.4) is 0 Å². The van der Waals surface area contributed by atoms with Gasteiger partial charge in [-0.1, -0.05) is 18.6 Å². The lowest BCUT2D eigenvalue weighted by Crippen LogP contribution is -2.26. The predicted molar refractivity (Wildman–Crippen MR) is 86.6 cm³/mol. The molecule has 4 rings (SSSR count). The van der Waals surface area contributed by atoms with Crippen LogP contribution in [-0.4, -0.2) is 22.6 Å². The van der Waals surface area contributed by atoms with E-state index in [1.165, 1.54) is 25.7 Å². The number of rotatable bonds is 4. The molecule has 2 aliphatic carbocycles. The SMILES string of the molecule is CCNc1nc(NC2CC3CCC2C3)c2ccccc2n1. The Morgan fingerprint density at radius 1 is 1.14 bits per heavy atom. The quantitative estimate of drug-likeness (QED) is 0.898. The van der Waals surface area contributed by atoms with Crippen LogP contribution in [0.4, 0.5) is 11.8 Å². The molecule has 0 amide bonds. The maximum Gasteiger partial charge on any atom is 0.225 e. The van der Waals surface area contributed by atoms with Gasteiger partial charge in [0.15, 0.2) is 0 Å². The van der Waals surface area contributed by atoms with E-state index in [1.807, 2.05) is 6.07 Å². The summed E-state index contributed by atoms with van der Waals surface area (Å²) in [4.78, 5) is 9.29. The molecule has 2 aromatic rings. The highest BCUT2D eigenvalue weighted by Gasteiger charge is 2.39. The number of nitrogens with zero attached hydrogens (tertiary/aromatic N) is 2. The summed E-state index contributed by atoms with van der Waals surface area (Å²) in [7, 11) is 0. The van der Waals surface area contributed by atoms with Gasteiger partial charge in [0.05, 0.1) is 5.52 Å². The van der Waals surface area contributed by atoms with Crippen LogP contribution in [0.2, 0.25) is 0 Å². The van der Waals surface area contributed by atoms with Crippen LogP contribution in [0.25, 0.3) is 10.9 Å². The van der Waals surface area contributed by atoms with Gasteiger partial charge in [0, 0.05) is 18.0 Å². The Morgan fingerprint density at radius 2 is 2.05 bits per heavy atom. The first-order valence-corrected chi connectivity index (χ1v) is 8.10. The molecule has 2 bridgehead atoms. The van der Waals surface area contributed by atoms with Gasteiger partial charge < -0.3 is 10.6 Å². The third kappa shape index (κ3) is 2.33. The minimum atomic E-state index is 0.594. The number of anilines is 2. The molecule has 0 aliphatic heterocycles. The summed E-state index contributed by atoms with van der Waals surface area (Å²) >= 11 is 0. The average Bonchev–Trinajstić information content (AvgIpc) is 3.10. The summed E-state index contributed by atoms with van der Waals surface area (Å²) in [5, 5.41) is 8.09. The Morgan fingerprint density at radius 3 is 2.81 bits per heavy atom. The number of hydrogen-bond acceptors (Lipinski definition) is 4. The highest BCUT2D eigenvalue weighted by molar-refractivity contribution is 5.90. The molecule has 3 unspecified atom stereocenters. The Hall–Kier alpha value is -1.84. The van der Waals surface area contributed by atoms with Crippen molar-refractivity contribution < 1.29 is 0 Å². The highest BCUT2D eigenvalue weighted by atomic mass is 15.1. The number of hydrogen-bond donors (Lipinski definition) is 2. The van der Waals surface area contributed by atoms with Crippen molar-refractivity contribution in [2.24, 2.45) is 11.8 Å². The molecule has 0 spiro atoms. The van der Waals surface area contributed by atoms with E-state index in [0.717, 1.165) is 41.0 Å². The Labute approximate surface area is 125 Å². The van der Waals surface area contributed by atoms with Crippen LogP contribution in [-0.2, 0) is 0 Å². The number of para-hydroxylation sites is 1. The molecule has 110 valence electrons. The van der Waals surface area contributed by atoms with Crippen molar-refractivity contribution in [1.29, 1.82) is 0 Å². The van der Waals surface area contributed by atoms with Gasteiger partial charge in [-0.2, -0.15) is 4.98 Å². The molecule has 4 nitrogen and oxygen atoms in total. The van der Waals surface area contributed by atoms with Gasteiger partial charge >= 0.3 is 0 Å². The summed E-state index contributed by atoms with van der Waals surface area (Å²) in [5.41, 5.74) is 1.01. The van der Waals surface area contributed by atoms with Gasteiger partial charge in [-0.25, -0.2) is 4.98 Å². The van der Waals surface area contributed by atoms with Gasteiger partial charge in [-0.05, 0) is 50.2 Å². The number of benzene rings is 1. The third-order valence-corrected chi connectivity index (χ3v) is 5.00. The molecule has 2 N–H and O–H groups in total. The second-order valence-corrected chi connectivity index (χ2v) is 6.37. The van der Waals surface area contributed by atoms with Crippen LogP contribution in [0, 0.1) is 11.8 Å². The first kappa shape index (κ1) is 12.9. The van der Waals surface area contributed by atoms with Gasteiger partial charge in [0.25, 0.3) is 0 Å². The molecule has 2 aliphatic rings. The van der Waals surface area contributed by atoms with Crippen molar-refractivity contribution in [3.05, 3.63) is 24.3 Å². The van der Waals surface area contributed by atoms with E-state index in [4.69, 9.17) is 4.98 Å². The molecule has 21 heavy (non-hydrogen) atoms. The lowest BCUT2D eigenvalue weighted by atomic mass is 9.95. The third-order valence-electron chi connectivity index (χ3n) is 5.00. The molecule has 4 heteroatoms. The summed E-state index contributed by atoms with van der Waals surface area (Å²) in [5.74, 6) is 3.50. The van der Waals surface area contributed by atoms with E-state index in [-0.39, 0.29) is 0 Å². The Balaban J connectivity index is 1.69. The largest absolute Gasteiger partial charge is 0.366 e. The van der Waals surface area contributed by atoms with Crippen LogP contribution >= 0.6 is 0 Å². The monoisotopic (exact) mass is 282 g/mol. The number of aromatic nitrogens is 2. The standard InChI is InChI=1S/C17H22N4/c1-2-18-17-20-14-6-4-3-5-13(14)16(21-17)19-15-10-11-7-8-12(15)9-11/h3-6,11-12,15H,2,7-10H2,1H3,(H2,18,19,20,21). The molecule has 2 saturated carbocycles. The van der Waals surface area contributed by atoms with Crippen molar-refractivity contribution in [2.45, 2.75) is 38.6 Å². The van der Waals surface area contributed by atoms with E-state index >= 15 is 0 Å². The fourth-order valence-corrected chi connectivity index (χ4v) is 4.02. The first-order chi connectivity index (χ1) is 10.3. The fourth-order valence-electron chi connectivity index (χ4n) is 4.02. The van der Waals surface area contributed by atoms with E-state index in [2.05, 4.69) is 40.7 Å². The van der Waals surface area contributed by atoms with Gasteiger partial charge in [0.1, 0.15) is 5.82 Å². The second kappa shape index (κ2) is 5.17. The lowest BCUT2D eigenvalue weighted by molar-refractivity contribution is 0.439. The lowest BCUT2D eigenvalue weighted by Gasteiger charge is -2.24. The van der Waals surface area contributed by atoms with E-state index in [9.17, 15) is 0 Å². The van der Waals surface area contributed by atoms with Gasteiger partial charge in [-0.3, -0.25) is 0 Å². The average molecular weight is 282 g/mol. The minimum Gasteiger partial charge on any atom is -0.366 e. The topological polar surface area (TPSA) is 49.8 Å². The molecule has 0 radical (unpaired) electrons. The first-order valence-electron chi connectivity index (χ1n) is 8.10. The minimum absolute atomic E-state index is 0.594. The van der Waals surface area contributed by atoms with Crippen LogP contribution in [0.5, 0.6) is 0 Å². The predicted octanol–water partition coefficient (Wildman–Crippen LogP) is 3.66. The smallest absolute Gasteiger partial charge is 0.225 e. The molecule has 1 heterocycles. The molecule has 1 aromatic carbocycles. The van der Waals surface area contributed by atoms with E-state index < -0.39 is 0 Å². The zero-order chi connectivity index (χ0) is 14.2. The number of fused-ring (bicyclic) bond motifs is 3. The Bertz CT molecular complexity index is 654. The zero-order valence-electron chi connectivity index (χ0n) is 12.5.